The minimum atomic E-state index is -0.936. The Morgan fingerprint density at radius 2 is 1.81 bits per heavy atom. The van der Waals surface area contributed by atoms with Gasteiger partial charge in [0.05, 0.1) is 45.8 Å². The molecule has 4 aromatic rings. The Balaban J connectivity index is 0.000000151. The van der Waals surface area contributed by atoms with Gasteiger partial charge in [0, 0.05) is 5.69 Å². The number of rotatable bonds is 1. The van der Waals surface area contributed by atoms with Crippen molar-refractivity contribution in [2.45, 2.75) is 13.8 Å². The van der Waals surface area contributed by atoms with Crippen LogP contribution in [0.2, 0.25) is 0 Å². The van der Waals surface area contributed by atoms with Crippen molar-refractivity contribution in [2.75, 3.05) is 5.73 Å². The fourth-order valence-electron chi connectivity index (χ4n) is 2.69. The van der Waals surface area contributed by atoms with E-state index < -0.39 is 5.97 Å². The standard InChI is InChI=1S/C9H8N4.C9H8N2O2/c1-5-7(11)2-6(3-10)9-8(5)12-4-13-9;1-5-2-3-6(9(12)13)8-7(5)10-4-11-8/h2,4H,11H2,1H3,(H,12,13);2-4H,1H3,(H,10,11)(H,12,13). The third-order valence-corrected chi connectivity index (χ3v) is 4.13. The first-order valence-corrected chi connectivity index (χ1v) is 7.72. The number of hydrogen-bond acceptors (Lipinski definition) is 5. The summed E-state index contributed by atoms with van der Waals surface area (Å²) in [6.07, 6.45) is 3.07. The molecule has 0 bridgehead atoms. The van der Waals surface area contributed by atoms with Gasteiger partial charge in [-0.3, -0.25) is 0 Å². The van der Waals surface area contributed by atoms with Gasteiger partial charge in [-0.05, 0) is 37.1 Å². The Kier molecular flexibility index (Phi) is 4.29. The molecular formula is C18H16N6O2. The van der Waals surface area contributed by atoms with Crippen LogP contribution in [0.25, 0.3) is 22.1 Å². The Morgan fingerprint density at radius 1 is 1.15 bits per heavy atom. The molecule has 0 spiro atoms. The second kappa shape index (κ2) is 6.57. The average molecular weight is 348 g/mol. The van der Waals surface area contributed by atoms with E-state index in [0.29, 0.717) is 16.8 Å². The SMILES string of the molecule is Cc1c(N)cc(C#N)c2[nH]cnc12.Cc1ccc(C(=O)O)c2[nH]cnc12. The van der Waals surface area contributed by atoms with Crippen molar-refractivity contribution in [3.63, 3.8) is 0 Å². The van der Waals surface area contributed by atoms with Crippen LogP contribution in [-0.4, -0.2) is 31.0 Å². The molecule has 2 aromatic heterocycles. The van der Waals surface area contributed by atoms with Gasteiger partial charge >= 0.3 is 5.97 Å². The van der Waals surface area contributed by atoms with E-state index in [1.807, 2.05) is 13.8 Å². The van der Waals surface area contributed by atoms with Crippen LogP contribution in [0.3, 0.4) is 0 Å². The third-order valence-electron chi connectivity index (χ3n) is 4.13. The molecule has 0 unspecified atom stereocenters. The van der Waals surface area contributed by atoms with Gasteiger partial charge in [0.25, 0.3) is 0 Å². The Labute approximate surface area is 148 Å². The maximum Gasteiger partial charge on any atom is 0.337 e. The van der Waals surface area contributed by atoms with Crippen molar-refractivity contribution in [1.82, 2.24) is 19.9 Å². The molecular weight excluding hydrogens is 332 g/mol. The smallest absolute Gasteiger partial charge is 0.337 e. The third kappa shape index (κ3) is 2.82. The summed E-state index contributed by atoms with van der Waals surface area (Å²) in [4.78, 5) is 24.7. The number of carboxylic acids is 1. The second-order valence-electron chi connectivity index (χ2n) is 5.74. The average Bonchev–Trinajstić information content (AvgIpc) is 3.28. The summed E-state index contributed by atoms with van der Waals surface area (Å²) in [5.41, 5.74) is 11.9. The number of aromatic carboxylic acids is 1. The molecule has 2 heterocycles. The number of aromatic nitrogens is 4. The number of hydrogen-bond donors (Lipinski definition) is 4. The highest BCUT2D eigenvalue weighted by Gasteiger charge is 2.11. The van der Waals surface area contributed by atoms with Gasteiger partial charge in [0.2, 0.25) is 0 Å². The summed E-state index contributed by atoms with van der Waals surface area (Å²) >= 11 is 0. The van der Waals surface area contributed by atoms with E-state index in [1.54, 1.807) is 24.5 Å². The molecule has 0 aliphatic heterocycles. The van der Waals surface area contributed by atoms with Crippen LogP contribution in [0.15, 0.2) is 30.9 Å². The van der Waals surface area contributed by atoms with E-state index in [0.717, 1.165) is 27.7 Å². The largest absolute Gasteiger partial charge is 0.478 e. The topological polar surface area (TPSA) is 144 Å². The molecule has 4 rings (SSSR count). The number of anilines is 1. The number of nitrogens with one attached hydrogen (secondary N) is 2. The predicted molar refractivity (Wildman–Crippen MR) is 97.7 cm³/mol. The van der Waals surface area contributed by atoms with Crippen molar-refractivity contribution in [2.24, 2.45) is 0 Å². The number of aryl methyl sites for hydroxylation is 2. The van der Waals surface area contributed by atoms with Crippen LogP contribution in [0.5, 0.6) is 0 Å². The molecule has 2 aromatic carbocycles. The number of nitrogen functional groups attached to an aromatic ring is 1. The molecule has 130 valence electrons. The highest BCUT2D eigenvalue weighted by Crippen LogP contribution is 2.23. The van der Waals surface area contributed by atoms with Crippen molar-refractivity contribution in [3.8, 4) is 6.07 Å². The predicted octanol–water partition coefficient (Wildman–Crippen LogP) is 2.89. The molecule has 8 nitrogen and oxygen atoms in total. The number of nitrogens with zero attached hydrogens (tertiary/aromatic N) is 3. The zero-order valence-electron chi connectivity index (χ0n) is 14.2. The highest BCUT2D eigenvalue weighted by atomic mass is 16.4. The normalized spacial score (nSPS) is 10.3. The molecule has 0 amide bonds. The van der Waals surface area contributed by atoms with Gasteiger partial charge in [-0.2, -0.15) is 5.26 Å². The number of aromatic amines is 2. The Bertz CT molecular complexity index is 1170. The maximum absolute atomic E-state index is 10.8. The fraction of sp³-hybridized carbons (Fsp3) is 0.111. The van der Waals surface area contributed by atoms with Crippen LogP contribution in [0, 0.1) is 25.2 Å². The molecule has 5 N–H and O–H groups in total. The lowest BCUT2D eigenvalue weighted by molar-refractivity contribution is 0.0699. The van der Waals surface area contributed by atoms with Crippen molar-refractivity contribution in [1.29, 1.82) is 5.26 Å². The Morgan fingerprint density at radius 3 is 2.46 bits per heavy atom. The first-order chi connectivity index (χ1) is 12.4. The van der Waals surface area contributed by atoms with Crippen molar-refractivity contribution in [3.05, 3.63) is 53.1 Å². The molecule has 0 aliphatic rings. The van der Waals surface area contributed by atoms with Gasteiger partial charge in [0.15, 0.2) is 0 Å². The lowest BCUT2D eigenvalue weighted by Crippen LogP contribution is -1.97. The van der Waals surface area contributed by atoms with E-state index in [9.17, 15) is 4.79 Å². The van der Waals surface area contributed by atoms with Gasteiger partial charge in [-0.1, -0.05) is 6.07 Å². The number of fused-ring (bicyclic) bond motifs is 2. The van der Waals surface area contributed by atoms with Gasteiger partial charge in [-0.15, -0.1) is 0 Å². The summed E-state index contributed by atoms with van der Waals surface area (Å²) in [5.74, 6) is -0.936. The van der Waals surface area contributed by atoms with Crippen LogP contribution in [0.1, 0.15) is 27.0 Å². The number of carboxylic acid groups (broad SMARTS) is 1. The van der Waals surface area contributed by atoms with Gasteiger partial charge in [0.1, 0.15) is 6.07 Å². The molecule has 0 aliphatic carbocycles. The van der Waals surface area contributed by atoms with Crippen LogP contribution in [-0.2, 0) is 0 Å². The Hall–Kier alpha value is -3.86. The van der Waals surface area contributed by atoms with Crippen LogP contribution >= 0.6 is 0 Å². The van der Waals surface area contributed by atoms with Crippen molar-refractivity contribution < 1.29 is 9.90 Å². The van der Waals surface area contributed by atoms with E-state index in [1.165, 1.54) is 6.33 Å². The van der Waals surface area contributed by atoms with E-state index in [-0.39, 0.29) is 5.56 Å². The minimum Gasteiger partial charge on any atom is -0.478 e. The first-order valence-electron chi connectivity index (χ1n) is 7.72. The molecule has 0 saturated carbocycles. The van der Waals surface area contributed by atoms with E-state index in [2.05, 4.69) is 26.0 Å². The number of H-pyrrole nitrogens is 2. The number of nitriles is 1. The minimum absolute atomic E-state index is 0.262. The second-order valence-corrected chi connectivity index (χ2v) is 5.74. The highest BCUT2D eigenvalue weighted by molar-refractivity contribution is 6.01. The van der Waals surface area contributed by atoms with Gasteiger partial charge < -0.3 is 20.8 Å². The maximum atomic E-state index is 10.8. The molecule has 26 heavy (non-hydrogen) atoms. The summed E-state index contributed by atoms with van der Waals surface area (Å²) in [7, 11) is 0. The number of imidazole rings is 2. The monoisotopic (exact) mass is 348 g/mol. The van der Waals surface area contributed by atoms with E-state index in [4.69, 9.17) is 16.1 Å². The lowest BCUT2D eigenvalue weighted by Gasteiger charge is -2.01. The van der Waals surface area contributed by atoms with Gasteiger partial charge in [-0.25, -0.2) is 14.8 Å². The molecule has 0 radical (unpaired) electrons. The molecule has 0 saturated heterocycles. The number of nitrogens with two attached hydrogens (primary N) is 1. The van der Waals surface area contributed by atoms with E-state index >= 15 is 0 Å². The summed E-state index contributed by atoms with van der Waals surface area (Å²) in [5, 5.41) is 17.7. The zero-order valence-corrected chi connectivity index (χ0v) is 14.2. The molecule has 0 fully saturated rings. The molecule has 8 heteroatoms. The summed E-state index contributed by atoms with van der Waals surface area (Å²) in [6.45, 7) is 3.79. The fourth-order valence-corrected chi connectivity index (χ4v) is 2.69. The lowest BCUT2D eigenvalue weighted by atomic mass is 10.1. The number of benzene rings is 2. The molecule has 0 atom stereocenters. The number of carbonyl (C=O) groups is 1. The van der Waals surface area contributed by atoms with Crippen LogP contribution in [0.4, 0.5) is 5.69 Å². The van der Waals surface area contributed by atoms with Crippen molar-refractivity contribution >= 4 is 33.7 Å². The van der Waals surface area contributed by atoms with Crippen LogP contribution < -0.4 is 5.73 Å². The first kappa shape index (κ1) is 17.0. The quantitative estimate of drug-likeness (QED) is 0.389. The zero-order chi connectivity index (χ0) is 18.8. The summed E-state index contributed by atoms with van der Waals surface area (Å²) in [6, 6.07) is 7.07. The summed E-state index contributed by atoms with van der Waals surface area (Å²) < 4.78 is 0.